The zero-order valence-electron chi connectivity index (χ0n) is 16.6. The molecule has 2 aliphatic heterocycles. The maximum atomic E-state index is 14.9. The number of fused-ring (bicyclic) bond motifs is 1. The van der Waals surface area contributed by atoms with Gasteiger partial charge in [-0.25, -0.2) is 4.67 Å². The van der Waals surface area contributed by atoms with E-state index in [1.54, 1.807) is 7.11 Å². The summed E-state index contributed by atoms with van der Waals surface area (Å²) < 4.78 is 25.2. The van der Waals surface area contributed by atoms with Crippen molar-refractivity contribution in [1.29, 1.82) is 0 Å². The molecule has 2 aliphatic rings. The number of ether oxygens (including phenoxy) is 1. The van der Waals surface area contributed by atoms with E-state index in [1.165, 1.54) is 0 Å². The zero-order valence-corrected chi connectivity index (χ0v) is 17.5. The van der Waals surface area contributed by atoms with E-state index >= 15 is 0 Å². The molecule has 5 rings (SSSR count). The molecule has 2 heterocycles. The molecule has 2 atom stereocenters. The van der Waals surface area contributed by atoms with Gasteiger partial charge in [0.1, 0.15) is 5.75 Å². The minimum atomic E-state index is -3.02. The Labute approximate surface area is 172 Å². The smallest absolute Gasteiger partial charge is 0.273 e. The first-order valence-electron chi connectivity index (χ1n) is 10.2. The van der Waals surface area contributed by atoms with Gasteiger partial charge in [-0.05, 0) is 36.6 Å². The summed E-state index contributed by atoms with van der Waals surface area (Å²) in [6.07, 6.45) is 2.19. The summed E-state index contributed by atoms with van der Waals surface area (Å²) in [6, 6.07) is 26.7. The summed E-state index contributed by atoms with van der Waals surface area (Å²) in [7, 11) is -1.34. The first kappa shape index (κ1) is 18.5. The number of methoxy groups -OCH3 is 1. The number of anilines is 1. The van der Waals surface area contributed by atoms with E-state index in [1.807, 2.05) is 54.6 Å². The molecule has 0 saturated carbocycles. The van der Waals surface area contributed by atoms with E-state index in [4.69, 9.17) is 4.74 Å². The lowest BCUT2D eigenvalue weighted by Gasteiger charge is -2.32. The number of para-hydroxylation sites is 2. The fourth-order valence-electron chi connectivity index (χ4n) is 4.76. The molecule has 0 spiro atoms. The van der Waals surface area contributed by atoms with Crippen molar-refractivity contribution in [3.63, 3.8) is 0 Å². The predicted molar refractivity (Wildman–Crippen MR) is 119 cm³/mol. The monoisotopic (exact) mass is 404 g/mol. The van der Waals surface area contributed by atoms with Crippen LogP contribution in [-0.4, -0.2) is 30.9 Å². The van der Waals surface area contributed by atoms with Crippen molar-refractivity contribution in [1.82, 2.24) is 4.67 Å². The van der Waals surface area contributed by atoms with Gasteiger partial charge in [-0.2, -0.15) is 0 Å². The quantitative estimate of drug-likeness (QED) is 0.562. The lowest BCUT2D eigenvalue weighted by molar-refractivity contribution is 0.415. The Bertz CT molecular complexity index is 1050. The van der Waals surface area contributed by atoms with Crippen LogP contribution in [0.4, 0.5) is 5.69 Å². The summed E-state index contributed by atoms with van der Waals surface area (Å²) in [5, 5.41) is 0.801. The molecule has 0 bridgehead atoms. The highest BCUT2D eigenvalue weighted by Gasteiger charge is 2.53. The second-order valence-electron chi connectivity index (χ2n) is 7.64. The van der Waals surface area contributed by atoms with Crippen molar-refractivity contribution < 1.29 is 9.30 Å². The van der Waals surface area contributed by atoms with Crippen LogP contribution in [0.2, 0.25) is 0 Å². The number of benzene rings is 3. The van der Waals surface area contributed by atoms with Crippen molar-refractivity contribution in [3.05, 3.63) is 78.9 Å². The van der Waals surface area contributed by atoms with Gasteiger partial charge in [-0.15, -0.1) is 0 Å². The van der Waals surface area contributed by atoms with Crippen LogP contribution in [0.3, 0.4) is 0 Å². The first-order chi connectivity index (χ1) is 14.2. The van der Waals surface area contributed by atoms with E-state index in [0.29, 0.717) is 6.04 Å². The molecule has 0 N–H and O–H groups in total. The normalized spacial score (nSPS) is 23.9. The van der Waals surface area contributed by atoms with Crippen molar-refractivity contribution in [2.45, 2.75) is 18.9 Å². The predicted octanol–water partition coefficient (Wildman–Crippen LogP) is 5.17. The largest absolute Gasteiger partial charge is 0.495 e. The van der Waals surface area contributed by atoms with Gasteiger partial charge in [-0.1, -0.05) is 60.7 Å². The summed E-state index contributed by atoms with van der Waals surface area (Å²) >= 11 is 0. The molecule has 0 radical (unpaired) electrons. The molecule has 0 unspecified atom stereocenters. The van der Waals surface area contributed by atoms with Gasteiger partial charge in [0.25, 0.3) is 7.44 Å². The molecular formula is C24H25N2O2P. The Balaban J connectivity index is 1.71. The molecule has 0 amide bonds. The van der Waals surface area contributed by atoms with Crippen LogP contribution in [0, 0.1) is 0 Å². The van der Waals surface area contributed by atoms with Crippen molar-refractivity contribution in [3.8, 4) is 16.9 Å². The molecule has 0 aliphatic carbocycles. The van der Waals surface area contributed by atoms with E-state index in [-0.39, 0.29) is 0 Å². The molecule has 4 nitrogen and oxygen atoms in total. The molecule has 2 fully saturated rings. The molecule has 3 aromatic carbocycles. The zero-order chi connectivity index (χ0) is 19.8. The van der Waals surface area contributed by atoms with E-state index < -0.39 is 7.44 Å². The van der Waals surface area contributed by atoms with Crippen molar-refractivity contribution in [2.24, 2.45) is 0 Å². The maximum absolute atomic E-state index is 14.9. The third-order valence-corrected chi connectivity index (χ3v) is 9.31. The SMILES string of the molecule is COc1c(-c2ccccc2)cccc1[P@@]1(=O)N(c2ccccc2)C[C@@H]2CCCN21. The van der Waals surface area contributed by atoms with Crippen LogP contribution < -0.4 is 14.7 Å². The molecule has 29 heavy (non-hydrogen) atoms. The first-order valence-corrected chi connectivity index (χ1v) is 11.8. The van der Waals surface area contributed by atoms with Gasteiger partial charge < -0.3 is 9.41 Å². The van der Waals surface area contributed by atoms with Crippen LogP contribution in [0.5, 0.6) is 5.75 Å². The van der Waals surface area contributed by atoms with Crippen LogP contribution in [0.15, 0.2) is 78.9 Å². The van der Waals surface area contributed by atoms with Gasteiger partial charge in [0.05, 0.1) is 12.4 Å². The summed E-state index contributed by atoms with van der Waals surface area (Å²) in [5.74, 6) is 0.718. The molecule has 5 heteroatoms. The average Bonchev–Trinajstić information content (AvgIpc) is 3.36. The van der Waals surface area contributed by atoms with Crippen molar-refractivity contribution in [2.75, 3.05) is 24.9 Å². The highest BCUT2D eigenvalue weighted by atomic mass is 31.2. The van der Waals surface area contributed by atoms with E-state index in [9.17, 15) is 4.57 Å². The Morgan fingerprint density at radius 1 is 0.931 bits per heavy atom. The Hall–Kier alpha value is -2.55. The Morgan fingerprint density at radius 3 is 2.38 bits per heavy atom. The van der Waals surface area contributed by atoms with Gasteiger partial charge >= 0.3 is 0 Å². The minimum Gasteiger partial charge on any atom is -0.495 e. The second kappa shape index (κ2) is 7.37. The summed E-state index contributed by atoms with van der Waals surface area (Å²) in [6.45, 7) is 1.66. The summed E-state index contributed by atoms with van der Waals surface area (Å²) in [5.41, 5.74) is 3.06. The fourth-order valence-corrected chi connectivity index (χ4v) is 8.23. The second-order valence-corrected chi connectivity index (χ2v) is 10.2. The molecule has 148 valence electrons. The minimum absolute atomic E-state index is 0.325. The van der Waals surface area contributed by atoms with Gasteiger partial charge in [-0.3, -0.25) is 4.57 Å². The highest BCUT2D eigenvalue weighted by Crippen LogP contribution is 2.63. The van der Waals surface area contributed by atoms with Crippen LogP contribution in [0.1, 0.15) is 12.8 Å². The topological polar surface area (TPSA) is 32.8 Å². The van der Waals surface area contributed by atoms with E-state index in [0.717, 1.165) is 53.8 Å². The van der Waals surface area contributed by atoms with Gasteiger partial charge in [0, 0.05) is 30.4 Å². The Morgan fingerprint density at radius 2 is 1.66 bits per heavy atom. The maximum Gasteiger partial charge on any atom is 0.273 e. The fraction of sp³-hybridized carbons (Fsp3) is 0.250. The summed E-state index contributed by atoms with van der Waals surface area (Å²) in [4.78, 5) is 0. The van der Waals surface area contributed by atoms with Gasteiger partial charge in [0.2, 0.25) is 0 Å². The lowest BCUT2D eigenvalue weighted by Crippen LogP contribution is -2.28. The molecular weight excluding hydrogens is 379 g/mol. The lowest BCUT2D eigenvalue weighted by atomic mass is 10.0. The van der Waals surface area contributed by atoms with Gasteiger partial charge in [0.15, 0.2) is 0 Å². The standard InChI is InChI=1S/C24H25N2O2P/c1-28-24-22(19-10-4-2-5-11-19)15-8-16-23(24)29(27)25-17-9-14-21(25)18-26(29)20-12-6-3-7-13-20/h2-8,10-13,15-16,21H,9,14,17-18H2,1H3/t21-,29-/m0/s1. The van der Waals surface area contributed by atoms with Crippen LogP contribution in [0.25, 0.3) is 11.1 Å². The number of rotatable bonds is 4. The van der Waals surface area contributed by atoms with Crippen LogP contribution in [-0.2, 0) is 4.57 Å². The number of nitrogens with zero attached hydrogens (tertiary/aromatic N) is 2. The van der Waals surface area contributed by atoms with Crippen LogP contribution >= 0.6 is 7.44 Å². The number of hydrogen-bond acceptors (Lipinski definition) is 2. The van der Waals surface area contributed by atoms with E-state index in [2.05, 4.69) is 33.6 Å². The molecule has 2 saturated heterocycles. The third kappa shape index (κ3) is 2.90. The third-order valence-electron chi connectivity index (χ3n) is 6.06. The highest BCUT2D eigenvalue weighted by molar-refractivity contribution is 7.71. The average molecular weight is 404 g/mol. The molecule has 3 aromatic rings. The van der Waals surface area contributed by atoms with Crippen molar-refractivity contribution >= 4 is 18.4 Å². The molecule has 0 aromatic heterocycles. The number of hydrogen-bond donors (Lipinski definition) is 0. The Kier molecular flexibility index (Phi) is 4.69.